The van der Waals surface area contributed by atoms with E-state index in [0.29, 0.717) is 19.5 Å². The summed E-state index contributed by atoms with van der Waals surface area (Å²) in [5.41, 5.74) is 2.26. The van der Waals surface area contributed by atoms with E-state index >= 15 is 0 Å². The van der Waals surface area contributed by atoms with Crippen molar-refractivity contribution in [2.45, 2.75) is 25.2 Å². The molecule has 0 saturated carbocycles. The molecule has 3 nitrogen and oxygen atoms in total. The van der Waals surface area contributed by atoms with Crippen molar-refractivity contribution < 1.29 is 18.0 Å². The van der Waals surface area contributed by atoms with Crippen molar-refractivity contribution in [2.75, 3.05) is 11.4 Å². The molecule has 0 aliphatic carbocycles. The van der Waals surface area contributed by atoms with Gasteiger partial charge in [-0.3, -0.25) is 4.79 Å². The molecule has 0 fully saturated rings. The van der Waals surface area contributed by atoms with Gasteiger partial charge >= 0.3 is 6.18 Å². The van der Waals surface area contributed by atoms with E-state index in [1.807, 2.05) is 24.3 Å². The number of amides is 1. The van der Waals surface area contributed by atoms with E-state index in [0.717, 1.165) is 28.9 Å². The van der Waals surface area contributed by atoms with Gasteiger partial charge in [0, 0.05) is 18.8 Å². The van der Waals surface area contributed by atoms with E-state index in [2.05, 4.69) is 16.8 Å². The molecule has 1 unspecified atom stereocenters. The van der Waals surface area contributed by atoms with Crippen LogP contribution in [0.1, 0.15) is 16.7 Å². The fourth-order valence-electron chi connectivity index (χ4n) is 3.21. The third kappa shape index (κ3) is 4.07. The summed E-state index contributed by atoms with van der Waals surface area (Å²) in [5, 5.41) is 2.91. The van der Waals surface area contributed by atoms with Crippen LogP contribution in [0.15, 0.2) is 61.2 Å². The zero-order valence-corrected chi connectivity index (χ0v) is 14.1. The fraction of sp³-hybridized carbons (Fsp3) is 0.250. The predicted molar refractivity (Wildman–Crippen MR) is 94.8 cm³/mol. The van der Waals surface area contributed by atoms with Gasteiger partial charge in [0.1, 0.15) is 0 Å². The number of alkyl halides is 3. The lowest BCUT2D eigenvalue weighted by Gasteiger charge is -2.36. The molecule has 1 heterocycles. The van der Waals surface area contributed by atoms with Gasteiger partial charge in [-0.2, -0.15) is 13.2 Å². The van der Waals surface area contributed by atoms with Crippen LogP contribution in [0.4, 0.5) is 18.9 Å². The maximum Gasteiger partial charge on any atom is 0.416 e. The van der Waals surface area contributed by atoms with Crippen LogP contribution in [0.25, 0.3) is 0 Å². The molecule has 6 heteroatoms. The first-order valence-corrected chi connectivity index (χ1v) is 8.29. The van der Waals surface area contributed by atoms with Gasteiger partial charge in [-0.25, -0.2) is 0 Å². The Kier molecular flexibility index (Phi) is 5.02. The molecule has 0 radical (unpaired) electrons. The Morgan fingerprint density at radius 2 is 1.88 bits per heavy atom. The summed E-state index contributed by atoms with van der Waals surface area (Å²) in [6.07, 6.45) is -2.39. The van der Waals surface area contributed by atoms with Gasteiger partial charge < -0.3 is 10.2 Å². The second-order valence-electron chi connectivity index (χ2n) is 6.32. The number of carbonyl (C=O) groups excluding carboxylic acids is 1. The molecule has 3 rings (SSSR count). The number of carbonyl (C=O) groups is 1. The molecular formula is C20H19F3N2O. The second kappa shape index (κ2) is 7.23. The number of hydrogen-bond donors (Lipinski definition) is 1. The second-order valence-corrected chi connectivity index (χ2v) is 6.32. The molecule has 0 bridgehead atoms. The normalized spacial score (nSPS) is 16.7. The van der Waals surface area contributed by atoms with E-state index in [1.54, 1.807) is 0 Å². The van der Waals surface area contributed by atoms with Gasteiger partial charge in [0.15, 0.2) is 0 Å². The lowest BCUT2D eigenvalue weighted by atomic mass is 9.97. The van der Waals surface area contributed by atoms with E-state index in [4.69, 9.17) is 0 Å². The highest BCUT2D eigenvalue weighted by molar-refractivity contribution is 5.87. The summed E-state index contributed by atoms with van der Waals surface area (Å²) in [4.78, 5) is 13.7. The minimum absolute atomic E-state index is 0.0788. The highest BCUT2D eigenvalue weighted by atomic mass is 19.4. The average molecular weight is 360 g/mol. The van der Waals surface area contributed by atoms with Crippen LogP contribution >= 0.6 is 0 Å². The van der Waals surface area contributed by atoms with Gasteiger partial charge in [0.05, 0.1) is 11.6 Å². The number of nitrogens with zero attached hydrogens (tertiary/aromatic N) is 1. The lowest BCUT2D eigenvalue weighted by molar-refractivity contribution is -0.137. The smallest absolute Gasteiger partial charge is 0.365 e. The average Bonchev–Trinajstić information content (AvgIpc) is 2.61. The van der Waals surface area contributed by atoms with Crippen molar-refractivity contribution in [1.82, 2.24) is 5.32 Å². The molecule has 26 heavy (non-hydrogen) atoms. The first-order chi connectivity index (χ1) is 12.4. The van der Waals surface area contributed by atoms with E-state index in [1.165, 1.54) is 18.2 Å². The number of rotatable bonds is 4. The number of anilines is 1. The van der Waals surface area contributed by atoms with Crippen molar-refractivity contribution >= 4 is 11.6 Å². The maximum atomic E-state index is 12.7. The van der Waals surface area contributed by atoms with Crippen molar-refractivity contribution in [3.8, 4) is 0 Å². The first kappa shape index (κ1) is 18.0. The van der Waals surface area contributed by atoms with Gasteiger partial charge in [0.25, 0.3) is 0 Å². The molecule has 1 atom stereocenters. The fourth-order valence-corrected chi connectivity index (χ4v) is 3.21. The van der Waals surface area contributed by atoms with E-state index in [9.17, 15) is 18.0 Å². The molecular weight excluding hydrogens is 341 g/mol. The van der Waals surface area contributed by atoms with E-state index in [-0.39, 0.29) is 11.9 Å². The number of para-hydroxylation sites is 1. The Morgan fingerprint density at radius 1 is 1.19 bits per heavy atom. The Bertz CT molecular complexity index is 799. The highest BCUT2D eigenvalue weighted by Crippen LogP contribution is 2.31. The summed E-state index contributed by atoms with van der Waals surface area (Å²) in [6.45, 7) is 4.52. The van der Waals surface area contributed by atoms with E-state index < -0.39 is 11.7 Å². The Balaban J connectivity index is 1.81. The molecule has 1 amide bonds. The minimum Gasteiger partial charge on any atom is -0.365 e. The zero-order valence-electron chi connectivity index (χ0n) is 14.1. The van der Waals surface area contributed by atoms with Crippen molar-refractivity contribution in [3.05, 3.63) is 77.9 Å². The Labute approximate surface area is 150 Å². The van der Waals surface area contributed by atoms with Crippen molar-refractivity contribution in [1.29, 1.82) is 0 Å². The number of hydrogen-bond acceptors (Lipinski definition) is 2. The van der Waals surface area contributed by atoms with Gasteiger partial charge in [0.2, 0.25) is 5.91 Å². The Morgan fingerprint density at radius 3 is 2.54 bits per heavy atom. The van der Waals surface area contributed by atoms with Crippen LogP contribution in [0, 0.1) is 0 Å². The van der Waals surface area contributed by atoms with Gasteiger partial charge in [-0.15, -0.1) is 0 Å². The molecule has 2 aromatic rings. The summed E-state index contributed by atoms with van der Waals surface area (Å²) in [6, 6.07) is 13.0. The lowest BCUT2D eigenvalue weighted by Crippen LogP contribution is -2.47. The van der Waals surface area contributed by atoms with Crippen LogP contribution in [0.3, 0.4) is 0 Å². The van der Waals surface area contributed by atoms with Crippen LogP contribution in [-0.4, -0.2) is 18.5 Å². The zero-order chi connectivity index (χ0) is 18.7. The topological polar surface area (TPSA) is 32.3 Å². The largest absolute Gasteiger partial charge is 0.416 e. The Hall–Kier alpha value is -2.76. The summed E-state index contributed by atoms with van der Waals surface area (Å²) < 4.78 is 38.2. The standard InChI is InChI=1S/C20H19F3N2O/c1-2-19(26)24-17-11-15-5-3-4-6-18(15)25(13-17)12-14-7-9-16(10-8-14)20(21,22)23/h2-10,17H,1,11-13H2,(H,24,26). The molecule has 1 N–H and O–H groups in total. The van der Waals surface area contributed by atoms with Gasteiger partial charge in [-0.05, 0) is 41.8 Å². The number of fused-ring (bicyclic) bond motifs is 1. The molecule has 136 valence electrons. The third-order valence-electron chi connectivity index (χ3n) is 4.43. The van der Waals surface area contributed by atoms with Crippen LogP contribution < -0.4 is 10.2 Å². The molecule has 0 spiro atoms. The van der Waals surface area contributed by atoms with Crippen molar-refractivity contribution in [2.24, 2.45) is 0 Å². The minimum atomic E-state index is -4.34. The number of benzene rings is 2. The van der Waals surface area contributed by atoms with Crippen molar-refractivity contribution in [3.63, 3.8) is 0 Å². The maximum absolute atomic E-state index is 12.7. The van der Waals surface area contributed by atoms with Gasteiger partial charge in [-0.1, -0.05) is 36.9 Å². The van der Waals surface area contributed by atoms with Crippen LogP contribution in [0.5, 0.6) is 0 Å². The SMILES string of the molecule is C=CC(=O)NC1Cc2ccccc2N(Cc2ccc(C(F)(F)F)cc2)C1. The monoisotopic (exact) mass is 360 g/mol. The molecule has 2 aromatic carbocycles. The molecule has 1 aliphatic rings. The highest BCUT2D eigenvalue weighted by Gasteiger charge is 2.30. The molecule has 0 aromatic heterocycles. The molecule has 0 saturated heterocycles. The van der Waals surface area contributed by atoms with Crippen LogP contribution in [-0.2, 0) is 23.9 Å². The number of halogens is 3. The summed E-state index contributed by atoms with van der Waals surface area (Å²) in [7, 11) is 0. The third-order valence-corrected chi connectivity index (χ3v) is 4.43. The quantitative estimate of drug-likeness (QED) is 0.838. The summed E-state index contributed by atoms with van der Waals surface area (Å²) >= 11 is 0. The molecule has 1 aliphatic heterocycles. The summed E-state index contributed by atoms with van der Waals surface area (Å²) in [5.74, 6) is -0.233. The number of nitrogens with one attached hydrogen (secondary N) is 1. The first-order valence-electron chi connectivity index (χ1n) is 8.29. The van der Waals surface area contributed by atoms with Crippen LogP contribution in [0.2, 0.25) is 0 Å². The predicted octanol–water partition coefficient (Wildman–Crippen LogP) is 3.94.